The molecule has 0 aliphatic heterocycles. The number of aromatic amines is 1. The number of nitrogens with one attached hydrogen (secondary N) is 1. The zero-order valence-electron chi connectivity index (χ0n) is 8.75. The summed E-state index contributed by atoms with van der Waals surface area (Å²) in [5, 5.41) is 0. The summed E-state index contributed by atoms with van der Waals surface area (Å²) in [6.07, 6.45) is 9.98. The van der Waals surface area contributed by atoms with Crippen LogP contribution in [0.5, 0.6) is 0 Å². The van der Waals surface area contributed by atoms with Gasteiger partial charge in [0.2, 0.25) is 0 Å². The molecule has 1 aliphatic carbocycles. The molecule has 1 N–H and O–H groups in total. The van der Waals surface area contributed by atoms with Gasteiger partial charge in [-0.05, 0) is 24.7 Å². The van der Waals surface area contributed by atoms with Crippen molar-refractivity contribution in [2.75, 3.05) is 0 Å². The van der Waals surface area contributed by atoms with Gasteiger partial charge in [-0.25, -0.2) is 4.79 Å². The summed E-state index contributed by atoms with van der Waals surface area (Å²) in [4.78, 5) is 14.1. The molecular formula is C11H18N2O. The van der Waals surface area contributed by atoms with Gasteiger partial charge in [0, 0.05) is 18.9 Å². The summed E-state index contributed by atoms with van der Waals surface area (Å²) in [5.74, 6) is 0. The van der Waals surface area contributed by atoms with Crippen molar-refractivity contribution in [1.29, 1.82) is 0 Å². The molecule has 1 saturated carbocycles. The number of nitrogens with zero attached hydrogens (tertiary/aromatic N) is 1. The molecule has 1 aromatic rings. The van der Waals surface area contributed by atoms with Gasteiger partial charge in [0.15, 0.2) is 0 Å². The summed E-state index contributed by atoms with van der Waals surface area (Å²) in [6.45, 7) is 3.13. The highest BCUT2D eigenvalue weighted by Crippen LogP contribution is 2.41. The third kappa shape index (κ3) is 1.63. The van der Waals surface area contributed by atoms with E-state index in [1.54, 1.807) is 6.20 Å². The Morgan fingerprint density at radius 2 is 2.21 bits per heavy atom. The lowest BCUT2D eigenvalue weighted by atomic mass is 9.83. The number of rotatable bonds is 3. The number of aromatic nitrogens is 2. The van der Waals surface area contributed by atoms with Crippen molar-refractivity contribution in [3.05, 3.63) is 22.9 Å². The number of hydrogen-bond donors (Lipinski definition) is 1. The molecular weight excluding hydrogens is 176 g/mol. The van der Waals surface area contributed by atoms with Gasteiger partial charge in [-0.15, -0.1) is 0 Å². The Morgan fingerprint density at radius 1 is 1.50 bits per heavy atom. The Hall–Kier alpha value is -0.990. The van der Waals surface area contributed by atoms with E-state index in [4.69, 9.17) is 0 Å². The van der Waals surface area contributed by atoms with Crippen LogP contribution in [0.25, 0.3) is 0 Å². The molecule has 0 radical (unpaired) electrons. The molecule has 1 aliphatic rings. The Balaban J connectivity index is 2.16. The first-order chi connectivity index (χ1) is 6.76. The molecule has 0 amide bonds. The van der Waals surface area contributed by atoms with Crippen LogP contribution in [0.15, 0.2) is 17.2 Å². The minimum atomic E-state index is 0.0322. The summed E-state index contributed by atoms with van der Waals surface area (Å²) in [5.41, 5.74) is 0.427. The Labute approximate surface area is 84.1 Å². The van der Waals surface area contributed by atoms with Crippen molar-refractivity contribution < 1.29 is 0 Å². The topological polar surface area (TPSA) is 37.8 Å². The van der Waals surface area contributed by atoms with Crippen molar-refractivity contribution in [3.8, 4) is 0 Å². The number of hydrogen-bond acceptors (Lipinski definition) is 1. The molecule has 0 aromatic carbocycles. The SMILES string of the molecule is CCC1(Cn2cc[nH]c2=O)CCCC1. The zero-order chi connectivity index (χ0) is 10.0. The van der Waals surface area contributed by atoms with Gasteiger partial charge in [0.1, 0.15) is 0 Å². The van der Waals surface area contributed by atoms with Gasteiger partial charge in [-0.3, -0.25) is 4.57 Å². The van der Waals surface area contributed by atoms with Crippen molar-refractivity contribution in [3.63, 3.8) is 0 Å². The second-order valence-corrected chi connectivity index (χ2v) is 4.45. The van der Waals surface area contributed by atoms with Gasteiger partial charge < -0.3 is 4.98 Å². The Bertz CT molecular complexity index is 344. The molecule has 1 fully saturated rings. The fraction of sp³-hybridized carbons (Fsp3) is 0.727. The van der Waals surface area contributed by atoms with Gasteiger partial charge in [0.25, 0.3) is 0 Å². The van der Waals surface area contributed by atoms with Gasteiger partial charge in [0.05, 0.1) is 0 Å². The van der Waals surface area contributed by atoms with E-state index in [1.165, 1.54) is 32.1 Å². The zero-order valence-corrected chi connectivity index (χ0v) is 8.75. The minimum absolute atomic E-state index is 0.0322. The molecule has 3 nitrogen and oxygen atoms in total. The van der Waals surface area contributed by atoms with Crippen LogP contribution in [-0.2, 0) is 6.54 Å². The van der Waals surface area contributed by atoms with Crippen molar-refractivity contribution >= 4 is 0 Å². The smallest absolute Gasteiger partial charge is 0.313 e. The first kappa shape index (κ1) is 9.56. The molecule has 14 heavy (non-hydrogen) atoms. The normalized spacial score (nSPS) is 20.1. The van der Waals surface area contributed by atoms with E-state index in [0.29, 0.717) is 5.41 Å². The van der Waals surface area contributed by atoms with Crippen LogP contribution in [0.4, 0.5) is 0 Å². The van der Waals surface area contributed by atoms with Gasteiger partial charge >= 0.3 is 5.69 Å². The fourth-order valence-corrected chi connectivity index (χ4v) is 2.58. The molecule has 0 spiro atoms. The van der Waals surface area contributed by atoms with Crippen LogP contribution in [0, 0.1) is 5.41 Å². The van der Waals surface area contributed by atoms with Crippen molar-refractivity contribution in [2.24, 2.45) is 5.41 Å². The maximum absolute atomic E-state index is 11.4. The highest BCUT2D eigenvalue weighted by molar-refractivity contribution is 4.87. The van der Waals surface area contributed by atoms with E-state index in [-0.39, 0.29) is 5.69 Å². The summed E-state index contributed by atoms with van der Waals surface area (Å²) < 4.78 is 1.81. The van der Waals surface area contributed by atoms with E-state index in [9.17, 15) is 4.79 Å². The average molecular weight is 194 g/mol. The molecule has 0 atom stereocenters. The molecule has 0 saturated heterocycles. The van der Waals surface area contributed by atoms with Gasteiger partial charge in [-0.1, -0.05) is 19.8 Å². The lowest BCUT2D eigenvalue weighted by Gasteiger charge is -2.27. The van der Waals surface area contributed by atoms with Crippen LogP contribution in [0.3, 0.4) is 0 Å². The third-order valence-corrected chi connectivity index (χ3v) is 3.64. The highest BCUT2D eigenvalue weighted by atomic mass is 16.1. The summed E-state index contributed by atoms with van der Waals surface area (Å²) >= 11 is 0. The Kier molecular flexibility index (Phi) is 2.48. The first-order valence-corrected chi connectivity index (χ1v) is 5.50. The lowest BCUT2D eigenvalue weighted by Crippen LogP contribution is -2.28. The molecule has 1 heterocycles. The quantitative estimate of drug-likeness (QED) is 0.786. The van der Waals surface area contributed by atoms with Crippen LogP contribution in [-0.4, -0.2) is 9.55 Å². The van der Waals surface area contributed by atoms with E-state index in [1.807, 2.05) is 10.8 Å². The fourth-order valence-electron chi connectivity index (χ4n) is 2.58. The van der Waals surface area contributed by atoms with Crippen LogP contribution in [0.2, 0.25) is 0 Å². The number of imidazole rings is 1. The molecule has 0 unspecified atom stereocenters. The molecule has 1 aromatic heterocycles. The molecule has 78 valence electrons. The molecule has 3 heteroatoms. The van der Waals surface area contributed by atoms with Crippen LogP contribution in [0.1, 0.15) is 39.0 Å². The van der Waals surface area contributed by atoms with Crippen LogP contribution < -0.4 is 5.69 Å². The van der Waals surface area contributed by atoms with Crippen molar-refractivity contribution in [2.45, 2.75) is 45.6 Å². The maximum Gasteiger partial charge on any atom is 0.325 e. The minimum Gasteiger partial charge on any atom is -0.313 e. The Morgan fingerprint density at radius 3 is 2.71 bits per heavy atom. The van der Waals surface area contributed by atoms with Gasteiger partial charge in [-0.2, -0.15) is 0 Å². The average Bonchev–Trinajstić information content (AvgIpc) is 2.79. The predicted molar refractivity (Wildman–Crippen MR) is 56.2 cm³/mol. The van der Waals surface area contributed by atoms with E-state index in [2.05, 4.69) is 11.9 Å². The maximum atomic E-state index is 11.4. The predicted octanol–water partition coefficient (Wildman–Crippen LogP) is 2.15. The summed E-state index contributed by atoms with van der Waals surface area (Å²) in [7, 11) is 0. The number of H-pyrrole nitrogens is 1. The summed E-state index contributed by atoms with van der Waals surface area (Å²) in [6, 6.07) is 0. The highest BCUT2D eigenvalue weighted by Gasteiger charge is 2.32. The van der Waals surface area contributed by atoms with E-state index < -0.39 is 0 Å². The second kappa shape index (κ2) is 3.64. The van der Waals surface area contributed by atoms with E-state index in [0.717, 1.165) is 6.54 Å². The standard InChI is InChI=1S/C11H18N2O/c1-2-11(5-3-4-6-11)9-13-8-7-12-10(13)14/h7-8H,2-6,9H2,1H3,(H,12,14). The van der Waals surface area contributed by atoms with Crippen molar-refractivity contribution in [1.82, 2.24) is 9.55 Å². The third-order valence-electron chi connectivity index (χ3n) is 3.64. The second-order valence-electron chi connectivity index (χ2n) is 4.45. The monoisotopic (exact) mass is 194 g/mol. The lowest BCUT2D eigenvalue weighted by molar-refractivity contribution is 0.235. The largest absolute Gasteiger partial charge is 0.325 e. The molecule has 2 rings (SSSR count). The van der Waals surface area contributed by atoms with Crippen LogP contribution >= 0.6 is 0 Å². The first-order valence-electron chi connectivity index (χ1n) is 5.50. The van der Waals surface area contributed by atoms with E-state index >= 15 is 0 Å². The molecule has 0 bridgehead atoms.